The lowest BCUT2D eigenvalue weighted by molar-refractivity contribution is -0.140. The molecule has 8 nitrogen and oxygen atoms in total. The molecular weight excluding hydrogens is 430 g/mol. The van der Waals surface area contributed by atoms with Gasteiger partial charge in [0.2, 0.25) is 5.91 Å². The van der Waals surface area contributed by atoms with Crippen LogP contribution >= 0.6 is 0 Å². The molecule has 2 aromatic carbocycles. The van der Waals surface area contributed by atoms with E-state index >= 15 is 0 Å². The number of sulfone groups is 1. The van der Waals surface area contributed by atoms with E-state index in [2.05, 4.69) is 5.32 Å². The summed E-state index contributed by atoms with van der Waals surface area (Å²) in [4.78, 5) is 42.0. The molecule has 2 aliphatic heterocycles. The third-order valence-electron chi connectivity index (χ3n) is 6.73. The molecule has 2 atom stereocenters. The number of benzene rings is 2. The molecule has 1 N–H and O–H groups in total. The molecular formula is C23H25N3O5S. The molecule has 3 fully saturated rings. The number of nitrogens with one attached hydrogen (secondary N) is 1. The van der Waals surface area contributed by atoms with E-state index in [0.717, 1.165) is 28.5 Å². The van der Waals surface area contributed by atoms with Crippen LogP contribution in [0.4, 0.5) is 4.79 Å². The van der Waals surface area contributed by atoms with Crippen LogP contribution in [0, 0.1) is 0 Å². The van der Waals surface area contributed by atoms with Gasteiger partial charge in [-0.15, -0.1) is 0 Å². The summed E-state index contributed by atoms with van der Waals surface area (Å²) in [6, 6.07) is 12.2. The van der Waals surface area contributed by atoms with E-state index in [1.54, 1.807) is 11.8 Å². The van der Waals surface area contributed by atoms with Gasteiger partial charge in [-0.2, -0.15) is 0 Å². The summed E-state index contributed by atoms with van der Waals surface area (Å²) in [5.74, 6) is -0.846. The molecule has 1 aliphatic carbocycles. The van der Waals surface area contributed by atoms with Crippen LogP contribution in [0.2, 0.25) is 0 Å². The van der Waals surface area contributed by atoms with Crippen molar-refractivity contribution in [2.75, 3.05) is 18.1 Å². The standard InChI is InChI=1S/C23H25N3O5S/c1-23(19-8-4-6-15-5-2-3-7-18(15)19)21(28)25(22(29)24-23)13-20(27)26(16-9-10-16)17-11-12-32(30,31)14-17/h2-8,16-17H,9-14H2,1H3,(H,24,29)/t17-,23-/m0/s1. The van der Waals surface area contributed by atoms with Gasteiger partial charge in [-0.3, -0.25) is 14.5 Å². The fraction of sp³-hybridized carbons (Fsp3) is 0.435. The first-order valence-electron chi connectivity index (χ1n) is 10.8. The van der Waals surface area contributed by atoms with Crippen LogP contribution in [0.25, 0.3) is 10.8 Å². The number of amides is 4. The Hall–Kier alpha value is -2.94. The Morgan fingerprint density at radius 3 is 2.50 bits per heavy atom. The molecule has 9 heteroatoms. The largest absolute Gasteiger partial charge is 0.334 e. The molecule has 0 bridgehead atoms. The third-order valence-corrected chi connectivity index (χ3v) is 8.48. The number of carbonyl (C=O) groups excluding carboxylic acids is 3. The highest BCUT2D eigenvalue weighted by Crippen LogP contribution is 2.35. The van der Waals surface area contributed by atoms with Crippen LogP contribution in [-0.4, -0.2) is 66.2 Å². The van der Waals surface area contributed by atoms with Crippen LogP contribution in [0.3, 0.4) is 0 Å². The summed E-state index contributed by atoms with van der Waals surface area (Å²) in [6.45, 7) is 1.26. The van der Waals surface area contributed by atoms with Gasteiger partial charge in [0, 0.05) is 12.1 Å². The molecule has 4 amide bonds. The van der Waals surface area contributed by atoms with Gasteiger partial charge in [0.15, 0.2) is 9.84 Å². The Labute approximate surface area is 186 Å². The number of urea groups is 1. The Balaban J connectivity index is 1.41. The second kappa shape index (κ2) is 7.30. The number of hydrogen-bond donors (Lipinski definition) is 1. The maximum absolute atomic E-state index is 13.4. The fourth-order valence-electron chi connectivity index (χ4n) is 4.95. The van der Waals surface area contributed by atoms with Gasteiger partial charge < -0.3 is 10.2 Å². The summed E-state index contributed by atoms with van der Waals surface area (Å²) < 4.78 is 23.9. The highest BCUT2D eigenvalue weighted by Gasteiger charge is 2.51. The highest BCUT2D eigenvalue weighted by atomic mass is 32.2. The zero-order chi connectivity index (χ0) is 22.7. The number of imide groups is 1. The molecule has 2 saturated heterocycles. The average molecular weight is 456 g/mol. The van der Waals surface area contributed by atoms with Crippen LogP contribution in [0.1, 0.15) is 31.7 Å². The summed E-state index contributed by atoms with van der Waals surface area (Å²) in [5, 5.41) is 4.59. The number of nitrogens with zero attached hydrogens (tertiary/aromatic N) is 2. The minimum absolute atomic E-state index is 0.00832. The monoisotopic (exact) mass is 455 g/mol. The zero-order valence-electron chi connectivity index (χ0n) is 17.8. The topological polar surface area (TPSA) is 104 Å². The Kier molecular flexibility index (Phi) is 4.77. The maximum Gasteiger partial charge on any atom is 0.325 e. The first-order chi connectivity index (χ1) is 15.2. The van der Waals surface area contributed by atoms with Gasteiger partial charge in [-0.05, 0) is 42.5 Å². The molecule has 2 heterocycles. The molecule has 0 radical (unpaired) electrons. The number of rotatable bonds is 5. The van der Waals surface area contributed by atoms with Gasteiger partial charge in [0.1, 0.15) is 12.1 Å². The van der Waals surface area contributed by atoms with Gasteiger partial charge in [-0.25, -0.2) is 13.2 Å². The van der Waals surface area contributed by atoms with Gasteiger partial charge in [-0.1, -0.05) is 42.5 Å². The lowest BCUT2D eigenvalue weighted by atomic mass is 9.88. The van der Waals surface area contributed by atoms with Crippen molar-refractivity contribution in [3.05, 3.63) is 48.0 Å². The summed E-state index contributed by atoms with van der Waals surface area (Å²) in [7, 11) is -3.16. The first kappa shape index (κ1) is 20.9. The fourth-order valence-corrected chi connectivity index (χ4v) is 6.67. The van der Waals surface area contributed by atoms with Crippen LogP contribution in [0.5, 0.6) is 0 Å². The van der Waals surface area contributed by atoms with E-state index < -0.39 is 33.9 Å². The molecule has 0 aromatic heterocycles. The zero-order valence-corrected chi connectivity index (χ0v) is 18.6. The molecule has 32 heavy (non-hydrogen) atoms. The Morgan fingerprint density at radius 2 is 1.81 bits per heavy atom. The number of carbonyl (C=O) groups is 3. The molecule has 168 valence electrons. The minimum Gasteiger partial charge on any atom is -0.334 e. The van der Waals surface area contributed by atoms with E-state index in [4.69, 9.17) is 0 Å². The molecule has 0 unspecified atom stereocenters. The van der Waals surface area contributed by atoms with Crippen LogP contribution in [0.15, 0.2) is 42.5 Å². The Morgan fingerprint density at radius 1 is 1.09 bits per heavy atom. The van der Waals surface area contributed by atoms with E-state index in [9.17, 15) is 22.8 Å². The van der Waals surface area contributed by atoms with Crippen molar-refractivity contribution in [2.24, 2.45) is 0 Å². The second-order valence-electron chi connectivity index (χ2n) is 9.06. The normalized spacial score (nSPS) is 27.0. The summed E-state index contributed by atoms with van der Waals surface area (Å²) in [5.41, 5.74) is -0.621. The number of fused-ring (bicyclic) bond motifs is 1. The van der Waals surface area contributed by atoms with E-state index in [1.165, 1.54) is 0 Å². The molecule has 2 aromatic rings. The summed E-state index contributed by atoms with van der Waals surface area (Å²) >= 11 is 0. The van der Waals surface area contributed by atoms with Gasteiger partial charge >= 0.3 is 6.03 Å². The lowest BCUT2D eigenvalue weighted by Gasteiger charge is -2.30. The third kappa shape index (κ3) is 3.44. The van der Waals surface area contributed by atoms with Crippen molar-refractivity contribution in [1.29, 1.82) is 0 Å². The predicted octanol–water partition coefficient (Wildman–Crippen LogP) is 1.78. The Bertz CT molecular complexity index is 1230. The highest BCUT2D eigenvalue weighted by molar-refractivity contribution is 7.91. The van der Waals surface area contributed by atoms with Crippen LogP contribution < -0.4 is 5.32 Å². The molecule has 0 spiro atoms. The summed E-state index contributed by atoms with van der Waals surface area (Å²) in [6.07, 6.45) is 2.03. The second-order valence-corrected chi connectivity index (χ2v) is 11.3. The van der Waals surface area contributed by atoms with E-state index in [-0.39, 0.29) is 29.5 Å². The number of hydrogen-bond acceptors (Lipinski definition) is 5. The van der Waals surface area contributed by atoms with E-state index in [1.807, 2.05) is 42.5 Å². The van der Waals surface area contributed by atoms with Gasteiger partial charge in [0.25, 0.3) is 5.91 Å². The predicted molar refractivity (Wildman–Crippen MR) is 118 cm³/mol. The van der Waals surface area contributed by atoms with Crippen molar-refractivity contribution in [2.45, 2.75) is 43.8 Å². The van der Waals surface area contributed by atoms with Crippen molar-refractivity contribution in [3.8, 4) is 0 Å². The van der Waals surface area contributed by atoms with Gasteiger partial charge in [0.05, 0.1) is 11.5 Å². The molecule has 3 aliphatic rings. The minimum atomic E-state index is -3.16. The van der Waals surface area contributed by atoms with Crippen molar-refractivity contribution in [3.63, 3.8) is 0 Å². The van der Waals surface area contributed by atoms with E-state index in [0.29, 0.717) is 12.0 Å². The SMILES string of the molecule is C[C@@]1(c2cccc3ccccc23)NC(=O)N(CC(=O)N(C2CC2)[C@H]2CCS(=O)(=O)C2)C1=O. The quantitative estimate of drug-likeness (QED) is 0.693. The van der Waals surface area contributed by atoms with Crippen molar-refractivity contribution in [1.82, 2.24) is 15.1 Å². The molecule has 1 saturated carbocycles. The van der Waals surface area contributed by atoms with Crippen molar-refractivity contribution >= 4 is 38.5 Å². The average Bonchev–Trinajstić information content (AvgIpc) is 3.48. The first-order valence-corrected chi connectivity index (χ1v) is 12.7. The lowest BCUT2D eigenvalue weighted by Crippen LogP contribution is -2.49. The maximum atomic E-state index is 13.4. The molecule has 5 rings (SSSR count). The van der Waals surface area contributed by atoms with Crippen molar-refractivity contribution < 1.29 is 22.8 Å². The smallest absolute Gasteiger partial charge is 0.325 e. The van der Waals surface area contributed by atoms with Crippen LogP contribution in [-0.2, 0) is 25.0 Å².